The first kappa shape index (κ1) is 21.8. The number of amides is 1. The molecule has 3 rings (SSSR count). The molecule has 160 valence electrons. The SMILES string of the molecule is Nc1ccccc1NC(=O)CCCCCCC(=O)c1ccc(N2CCOCC2)cc1. The largest absolute Gasteiger partial charge is 0.397 e. The van der Waals surface area contributed by atoms with Gasteiger partial charge in [-0.05, 0) is 49.2 Å². The van der Waals surface area contributed by atoms with Crippen LogP contribution in [0, 0.1) is 0 Å². The van der Waals surface area contributed by atoms with Gasteiger partial charge in [0, 0.05) is 37.2 Å². The Labute approximate surface area is 178 Å². The van der Waals surface area contributed by atoms with E-state index in [9.17, 15) is 9.59 Å². The first-order chi connectivity index (χ1) is 14.6. The van der Waals surface area contributed by atoms with Gasteiger partial charge in [0.2, 0.25) is 5.91 Å². The van der Waals surface area contributed by atoms with Gasteiger partial charge in [0.1, 0.15) is 0 Å². The summed E-state index contributed by atoms with van der Waals surface area (Å²) in [5.41, 5.74) is 8.98. The van der Waals surface area contributed by atoms with Gasteiger partial charge < -0.3 is 20.7 Å². The van der Waals surface area contributed by atoms with Crippen molar-refractivity contribution in [3.05, 3.63) is 54.1 Å². The summed E-state index contributed by atoms with van der Waals surface area (Å²) < 4.78 is 5.38. The van der Waals surface area contributed by atoms with Crippen LogP contribution in [-0.4, -0.2) is 38.0 Å². The molecule has 1 aliphatic heterocycles. The molecule has 1 aliphatic rings. The third-order valence-electron chi connectivity index (χ3n) is 5.36. The van der Waals surface area contributed by atoms with Crippen molar-refractivity contribution in [3.63, 3.8) is 0 Å². The van der Waals surface area contributed by atoms with Crippen LogP contribution in [0.5, 0.6) is 0 Å². The van der Waals surface area contributed by atoms with Crippen molar-refractivity contribution in [2.45, 2.75) is 38.5 Å². The van der Waals surface area contributed by atoms with Gasteiger partial charge in [-0.15, -0.1) is 0 Å². The first-order valence-corrected chi connectivity index (χ1v) is 10.7. The maximum Gasteiger partial charge on any atom is 0.224 e. The molecule has 6 heteroatoms. The monoisotopic (exact) mass is 409 g/mol. The maximum absolute atomic E-state index is 12.4. The van der Waals surface area contributed by atoms with Crippen molar-refractivity contribution in [2.24, 2.45) is 0 Å². The Bertz CT molecular complexity index is 830. The van der Waals surface area contributed by atoms with E-state index in [1.807, 2.05) is 36.4 Å². The minimum Gasteiger partial charge on any atom is -0.397 e. The number of morpholine rings is 1. The summed E-state index contributed by atoms with van der Waals surface area (Å²) in [7, 11) is 0. The van der Waals surface area contributed by atoms with Crippen molar-refractivity contribution in [2.75, 3.05) is 42.3 Å². The molecule has 0 aromatic heterocycles. The Morgan fingerprint density at radius 1 is 0.900 bits per heavy atom. The smallest absolute Gasteiger partial charge is 0.224 e. The van der Waals surface area contributed by atoms with Crippen molar-refractivity contribution in [3.8, 4) is 0 Å². The number of hydrogen-bond acceptors (Lipinski definition) is 5. The van der Waals surface area contributed by atoms with Crippen LogP contribution in [0.3, 0.4) is 0 Å². The Morgan fingerprint density at radius 3 is 2.27 bits per heavy atom. The Morgan fingerprint density at radius 2 is 1.57 bits per heavy atom. The van der Waals surface area contributed by atoms with Crippen LogP contribution >= 0.6 is 0 Å². The Hall–Kier alpha value is -2.86. The normalized spacial score (nSPS) is 13.8. The Balaban J connectivity index is 1.30. The molecule has 3 N–H and O–H groups in total. The topological polar surface area (TPSA) is 84.7 Å². The number of nitrogens with two attached hydrogens (primary N) is 1. The van der Waals surface area contributed by atoms with Gasteiger partial charge in [-0.2, -0.15) is 0 Å². The lowest BCUT2D eigenvalue weighted by Crippen LogP contribution is -2.36. The molecule has 2 aromatic carbocycles. The molecule has 1 amide bonds. The second kappa shape index (κ2) is 11.4. The van der Waals surface area contributed by atoms with Gasteiger partial charge in [-0.1, -0.05) is 25.0 Å². The molecular formula is C24H31N3O3. The summed E-state index contributed by atoms with van der Waals surface area (Å²) in [5, 5.41) is 2.84. The number of rotatable bonds is 10. The number of anilines is 3. The fraction of sp³-hybridized carbons (Fsp3) is 0.417. The van der Waals surface area contributed by atoms with Crippen molar-refractivity contribution < 1.29 is 14.3 Å². The predicted octanol–water partition coefficient (Wildman–Crippen LogP) is 4.27. The van der Waals surface area contributed by atoms with Crippen LogP contribution in [0.4, 0.5) is 17.1 Å². The summed E-state index contributed by atoms with van der Waals surface area (Å²) in [6.45, 7) is 3.29. The molecule has 0 radical (unpaired) electrons. The highest BCUT2D eigenvalue weighted by atomic mass is 16.5. The van der Waals surface area contributed by atoms with Gasteiger partial charge in [-0.25, -0.2) is 0 Å². The van der Waals surface area contributed by atoms with E-state index in [4.69, 9.17) is 10.5 Å². The van der Waals surface area contributed by atoms with Crippen LogP contribution in [0.1, 0.15) is 48.9 Å². The third-order valence-corrected chi connectivity index (χ3v) is 5.36. The second-order valence-electron chi connectivity index (χ2n) is 7.62. The van der Waals surface area contributed by atoms with Crippen molar-refractivity contribution in [1.29, 1.82) is 0 Å². The van der Waals surface area contributed by atoms with E-state index in [1.165, 1.54) is 0 Å². The maximum atomic E-state index is 12.4. The molecule has 1 fully saturated rings. The lowest BCUT2D eigenvalue weighted by atomic mass is 10.0. The lowest BCUT2D eigenvalue weighted by Gasteiger charge is -2.28. The summed E-state index contributed by atoms with van der Waals surface area (Å²) in [4.78, 5) is 26.7. The van der Waals surface area contributed by atoms with Crippen molar-refractivity contribution >= 4 is 28.8 Å². The standard InChI is InChI=1S/C24H31N3O3/c25-21-7-5-6-8-22(21)26-24(29)10-4-2-1-3-9-23(28)19-11-13-20(14-12-19)27-15-17-30-18-16-27/h5-8,11-14H,1-4,9-10,15-18,25H2,(H,26,29). The first-order valence-electron chi connectivity index (χ1n) is 10.7. The number of ketones is 1. The molecule has 0 atom stereocenters. The third kappa shape index (κ3) is 6.59. The number of benzene rings is 2. The van der Waals surface area contributed by atoms with E-state index in [0.29, 0.717) is 24.2 Å². The highest BCUT2D eigenvalue weighted by Gasteiger charge is 2.12. The zero-order chi connectivity index (χ0) is 21.2. The summed E-state index contributed by atoms with van der Waals surface area (Å²) in [6.07, 6.45) is 4.53. The van der Waals surface area contributed by atoms with E-state index in [0.717, 1.165) is 63.2 Å². The van der Waals surface area contributed by atoms with Crippen LogP contribution in [0.15, 0.2) is 48.5 Å². The number of Topliss-reactive ketones (excluding diaryl/α,β-unsaturated/α-hetero) is 1. The fourth-order valence-corrected chi connectivity index (χ4v) is 3.57. The number of nitrogen functional groups attached to an aromatic ring is 1. The predicted molar refractivity (Wildman–Crippen MR) is 121 cm³/mol. The molecule has 0 bridgehead atoms. The number of ether oxygens (including phenoxy) is 1. The highest BCUT2D eigenvalue weighted by Crippen LogP contribution is 2.19. The van der Waals surface area contributed by atoms with E-state index in [2.05, 4.69) is 10.2 Å². The minimum absolute atomic E-state index is 0.0238. The second-order valence-corrected chi connectivity index (χ2v) is 7.62. The number of hydrogen-bond donors (Lipinski definition) is 2. The van der Waals surface area contributed by atoms with Crippen LogP contribution in [0.25, 0.3) is 0 Å². The molecule has 30 heavy (non-hydrogen) atoms. The molecule has 6 nitrogen and oxygen atoms in total. The number of nitrogens with one attached hydrogen (secondary N) is 1. The molecule has 0 unspecified atom stereocenters. The molecule has 1 saturated heterocycles. The van der Waals surface area contributed by atoms with E-state index in [1.54, 1.807) is 12.1 Å². The fourth-order valence-electron chi connectivity index (χ4n) is 3.57. The van der Waals surface area contributed by atoms with E-state index >= 15 is 0 Å². The van der Waals surface area contributed by atoms with Gasteiger partial charge >= 0.3 is 0 Å². The average Bonchev–Trinajstić information content (AvgIpc) is 2.78. The molecular weight excluding hydrogens is 378 g/mol. The quantitative estimate of drug-likeness (QED) is 0.348. The zero-order valence-electron chi connectivity index (χ0n) is 17.4. The minimum atomic E-state index is -0.0238. The molecule has 1 heterocycles. The van der Waals surface area contributed by atoms with Crippen LogP contribution in [0.2, 0.25) is 0 Å². The molecule has 0 aliphatic carbocycles. The van der Waals surface area contributed by atoms with E-state index in [-0.39, 0.29) is 11.7 Å². The van der Waals surface area contributed by atoms with Gasteiger partial charge in [-0.3, -0.25) is 9.59 Å². The number of unbranched alkanes of at least 4 members (excludes halogenated alkanes) is 3. The number of carbonyl (C=O) groups is 2. The number of carbonyl (C=O) groups excluding carboxylic acids is 2. The zero-order valence-corrected chi connectivity index (χ0v) is 17.4. The van der Waals surface area contributed by atoms with Crippen LogP contribution in [-0.2, 0) is 9.53 Å². The lowest BCUT2D eigenvalue weighted by molar-refractivity contribution is -0.116. The summed E-state index contributed by atoms with van der Waals surface area (Å²) >= 11 is 0. The number of nitrogens with zero attached hydrogens (tertiary/aromatic N) is 1. The number of para-hydroxylation sites is 2. The Kier molecular flexibility index (Phi) is 8.27. The highest BCUT2D eigenvalue weighted by molar-refractivity contribution is 5.96. The van der Waals surface area contributed by atoms with Crippen molar-refractivity contribution in [1.82, 2.24) is 0 Å². The molecule has 0 spiro atoms. The molecule has 0 saturated carbocycles. The van der Waals surface area contributed by atoms with Crippen LogP contribution < -0.4 is 16.0 Å². The van der Waals surface area contributed by atoms with Gasteiger partial charge in [0.05, 0.1) is 24.6 Å². The summed E-state index contributed by atoms with van der Waals surface area (Å²) in [5.74, 6) is 0.158. The van der Waals surface area contributed by atoms with Gasteiger partial charge in [0.25, 0.3) is 0 Å². The average molecular weight is 410 g/mol. The molecule has 2 aromatic rings. The summed E-state index contributed by atoms with van der Waals surface area (Å²) in [6, 6.07) is 15.1. The van der Waals surface area contributed by atoms with E-state index < -0.39 is 0 Å². The van der Waals surface area contributed by atoms with Gasteiger partial charge in [0.15, 0.2) is 5.78 Å².